The summed E-state index contributed by atoms with van der Waals surface area (Å²) in [7, 11) is 0. The summed E-state index contributed by atoms with van der Waals surface area (Å²) in [4.78, 5) is 0. The summed E-state index contributed by atoms with van der Waals surface area (Å²) >= 11 is 0. The fraction of sp³-hybridized carbons (Fsp3) is 0.286. The van der Waals surface area contributed by atoms with Crippen molar-refractivity contribution < 1.29 is 13.9 Å². The second-order valence-corrected chi connectivity index (χ2v) is 4.58. The van der Waals surface area contributed by atoms with Crippen molar-refractivity contribution in [2.45, 2.75) is 25.7 Å². The van der Waals surface area contributed by atoms with E-state index in [9.17, 15) is 13.9 Å². The minimum Gasteiger partial charge on any atom is -0.508 e. The number of benzene rings is 1. The fourth-order valence-corrected chi connectivity index (χ4v) is 2.04. The molecular weight excluding hydrogens is 222 g/mol. The summed E-state index contributed by atoms with van der Waals surface area (Å²) in [6.45, 7) is 7.17. The molecular formula is C14H14F2O. The van der Waals surface area contributed by atoms with E-state index < -0.39 is 5.92 Å². The van der Waals surface area contributed by atoms with Gasteiger partial charge in [0.25, 0.3) is 5.92 Å². The highest BCUT2D eigenvalue weighted by Crippen LogP contribution is 2.45. The Morgan fingerprint density at radius 3 is 2.47 bits per heavy atom. The second-order valence-electron chi connectivity index (χ2n) is 4.58. The van der Waals surface area contributed by atoms with E-state index >= 15 is 0 Å². The van der Waals surface area contributed by atoms with Crippen LogP contribution in [-0.2, 0) is 5.92 Å². The predicted molar refractivity (Wildman–Crippen MR) is 64.3 cm³/mol. The molecule has 0 amide bonds. The third-order valence-electron chi connectivity index (χ3n) is 3.01. The van der Waals surface area contributed by atoms with E-state index in [0.717, 1.165) is 11.6 Å². The maximum Gasteiger partial charge on any atom is 0.298 e. The standard InChI is InChI=1S/C14H14F2O/c1-8(2)12-6-10(17)7-13-11(12)5-4-9(3)14(13,15)16/h4-8,17H,3H2,1-2H3. The number of phenols is 1. The lowest BCUT2D eigenvalue weighted by Gasteiger charge is -2.26. The van der Waals surface area contributed by atoms with Gasteiger partial charge in [-0.2, -0.15) is 8.78 Å². The molecule has 17 heavy (non-hydrogen) atoms. The molecule has 0 bridgehead atoms. The topological polar surface area (TPSA) is 20.2 Å². The Labute approximate surface area is 99.1 Å². The third-order valence-corrected chi connectivity index (χ3v) is 3.01. The molecule has 1 aliphatic rings. The number of aromatic hydroxyl groups is 1. The van der Waals surface area contributed by atoms with Crippen molar-refractivity contribution in [3.8, 4) is 5.75 Å². The lowest BCUT2D eigenvalue weighted by atomic mass is 9.84. The molecule has 0 fully saturated rings. The van der Waals surface area contributed by atoms with Crippen molar-refractivity contribution in [1.29, 1.82) is 0 Å². The van der Waals surface area contributed by atoms with Gasteiger partial charge in [0.1, 0.15) is 5.75 Å². The molecule has 0 heterocycles. The van der Waals surface area contributed by atoms with Crippen molar-refractivity contribution in [2.75, 3.05) is 0 Å². The van der Waals surface area contributed by atoms with Crippen LogP contribution in [0.2, 0.25) is 0 Å². The molecule has 1 nitrogen and oxygen atoms in total. The smallest absolute Gasteiger partial charge is 0.298 e. The number of alkyl halides is 2. The quantitative estimate of drug-likeness (QED) is 0.775. The molecule has 0 aliphatic heterocycles. The fourth-order valence-electron chi connectivity index (χ4n) is 2.04. The average molecular weight is 236 g/mol. The van der Waals surface area contributed by atoms with Crippen molar-refractivity contribution in [1.82, 2.24) is 0 Å². The van der Waals surface area contributed by atoms with Gasteiger partial charge >= 0.3 is 0 Å². The first kappa shape index (κ1) is 11.8. The predicted octanol–water partition coefficient (Wildman–Crippen LogP) is 4.19. The van der Waals surface area contributed by atoms with Gasteiger partial charge in [-0.15, -0.1) is 0 Å². The van der Waals surface area contributed by atoms with E-state index in [2.05, 4.69) is 6.58 Å². The average Bonchev–Trinajstić information content (AvgIpc) is 2.23. The first-order valence-electron chi connectivity index (χ1n) is 5.46. The Bertz CT molecular complexity index is 513. The summed E-state index contributed by atoms with van der Waals surface area (Å²) in [6.07, 6.45) is 2.98. The van der Waals surface area contributed by atoms with Gasteiger partial charge in [-0.1, -0.05) is 32.6 Å². The molecule has 1 aromatic rings. The summed E-state index contributed by atoms with van der Waals surface area (Å²) in [5.41, 5.74) is 0.817. The third kappa shape index (κ3) is 1.75. The zero-order valence-electron chi connectivity index (χ0n) is 9.80. The molecule has 0 atom stereocenters. The lowest BCUT2D eigenvalue weighted by molar-refractivity contribution is 0.0411. The van der Waals surface area contributed by atoms with Gasteiger partial charge in [0.2, 0.25) is 0 Å². The van der Waals surface area contributed by atoms with Crippen molar-refractivity contribution in [3.63, 3.8) is 0 Å². The summed E-state index contributed by atoms with van der Waals surface area (Å²) in [5, 5.41) is 9.55. The number of fused-ring (bicyclic) bond motifs is 1. The van der Waals surface area contributed by atoms with Crippen molar-refractivity contribution in [2.24, 2.45) is 0 Å². The number of hydrogen-bond acceptors (Lipinski definition) is 1. The minimum absolute atomic E-state index is 0.0719. The summed E-state index contributed by atoms with van der Waals surface area (Å²) in [5.74, 6) is -3.16. The zero-order valence-corrected chi connectivity index (χ0v) is 9.80. The van der Waals surface area contributed by atoms with Gasteiger partial charge < -0.3 is 5.11 Å². The molecule has 0 unspecified atom stereocenters. The van der Waals surface area contributed by atoms with Gasteiger partial charge in [0.05, 0.1) is 0 Å². The zero-order chi connectivity index (χ0) is 12.8. The van der Waals surface area contributed by atoms with Crippen molar-refractivity contribution >= 4 is 6.08 Å². The maximum atomic E-state index is 14.0. The van der Waals surface area contributed by atoms with Crippen LogP contribution in [0, 0.1) is 0 Å². The molecule has 1 aliphatic carbocycles. The first-order chi connectivity index (χ1) is 7.84. The van der Waals surface area contributed by atoms with Crippen LogP contribution in [-0.4, -0.2) is 5.11 Å². The molecule has 0 radical (unpaired) electrons. The van der Waals surface area contributed by atoms with Crippen LogP contribution in [0.4, 0.5) is 8.78 Å². The SMILES string of the molecule is C=C1C=Cc2c(C(C)C)cc(O)cc2C1(F)F. The van der Waals surface area contributed by atoms with Gasteiger partial charge in [0.15, 0.2) is 0 Å². The lowest BCUT2D eigenvalue weighted by Crippen LogP contribution is -2.20. The van der Waals surface area contributed by atoms with Crippen LogP contribution in [0.5, 0.6) is 5.75 Å². The Morgan fingerprint density at radius 2 is 1.88 bits per heavy atom. The van der Waals surface area contributed by atoms with Gasteiger partial charge in [-0.25, -0.2) is 0 Å². The summed E-state index contributed by atoms with van der Waals surface area (Å²) < 4.78 is 27.9. The number of hydrogen-bond donors (Lipinski definition) is 1. The van der Waals surface area contributed by atoms with Crippen molar-refractivity contribution in [3.05, 3.63) is 47.1 Å². The molecule has 3 heteroatoms. The Balaban J connectivity index is 2.76. The largest absolute Gasteiger partial charge is 0.508 e. The Hall–Kier alpha value is -1.64. The molecule has 0 saturated carbocycles. The Kier molecular flexibility index (Phi) is 2.57. The van der Waals surface area contributed by atoms with Gasteiger partial charge in [-0.05, 0) is 29.2 Å². The molecule has 2 rings (SSSR count). The highest BCUT2D eigenvalue weighted by Gasteiger charge is 2.39. The maximum absolute atomic E-state index is 14.0. The number of rotatable bonds is 1. The normalized spacial score (nSPS) is 17.4. The minimum atomic E-state index is -3.10. The highest BCUT2D eigenvalue weighted by atomic mass is 19.3. The molecule has 90 valence electrons. The van der Waals surface area contributed by atoms with E-state index in [1.165, 1.54) is 12.1 Å². The highest BCUT2D eigenvalue weighted by molar-refractivity contribution is 5.69. The monoisotopic (exact) mass is 236 g/mol. The Morgan fingerprint density at radius 1 is 1.24 bits per heavy atom. The van der Waals surface area contributed by atoms with E-state index in [1.807, 2.05) is 13.8 Å². The molecule has 1 N–H and O–H groups in total. The van der Waals surface area contributed by atoms with Crippen LogP contribution in [0.3, 0.4) is 0 Å². The summed E-state index contributed by atoms with van der Waals surface area (Å²) in [6, 6.07) is 2.66. The van der Waals surface area contributed by atoms with Crippen LogP contribution in [0.1, 0.15) is 36.5 Å². The van der Waals surface area contributed by atoms with E-state index in [1.54, 1.807) is 6.08 Å². The van der Waals surface area contributed by atoms with Crippen LogP contribution in [0.15, 0.2) is 30.4 Å². The van der Waals surface area contributed by atoms with E-state index in [-0.39, 0.29) is 22.8 Å². The number of phenolic OH excluding ortho intramolecular Hbond substituents is 1. The van der Waals surface area contributed by atoms with Crippen LogP contribution >= 0.6 is 0 Å². The molecule has 1 aromatic carbocycles. The molecule has 0 aromatic heterocycles. The van der Waals surface area contributed by atoms with E-state index in [4.69, 9.17) is 0 Å². The number of halogens is 2. The molecule has 0 saturated heterocycles. The van der Waals surface area contributed by atoms with E-state index in [0.29, 0.717) is 5.56 Å². The first-order valence-corrected chi connectivity index (χ1v) is 5.46. The van der Waals surface area contributed by atoms with Crippen LogP contribution < -0.4 is 0 Å². The van der Waals surface area contributed by atoms with Crippen LogP contribution in [0.25, 0.3) is 6.08 Å². The second kappa shape index (κ2) is 3.69. The van der Waals surface area contributed by atoms with Gasteiger partial charge in [0, 0.05) is 11.1 Å². The van der Waals surface area contributed by atoms with Gasteiger partial charge in [-0.3, -0.25) is 0 Å². The number of allylic oxidation sites excluding steroid dienone is 2. The molecule has 0 spiro atoms.